The predicted octanol–water partition coefficient (Wildman–Crippen LogP) is 2.92. The van der Waals surface area contributed by atoms with Crippen molar-refractivity contribution in [2.75, 3.05) is 25.1 Å². The number of amides is 2. The zero-order valence-corrected chi connectivity index (χ0v) is 13.9. The van der Waals surface area contributed by atoms with E-state index in [9.17, 15) is 14.9 Å². The van der Waals surface area contributed by atoms with Crippen molar-refractivity contribution < 1.29 is 14.5 Å². The molecule has 0 saturated heterocycles. The Hall–Kier alpha value is -3.09. The predicted molar refractivity (Wildman–Crippen MR) is 94.2 cm³/mol. The van der Waals surface area contributed by atoms with Crippen LogP contribution < -0.4 is 15.0 Å². The van der Waals surface area contributed by atoms with Crippen LogP contribution in [0.3, 0.4) is 0 Å². The number of para-hydroxylation sites is 1. The van der Waals surface area contributed by atoms with Gasteiger partial charge in [-0.25, -0.2) is 4.79 Å². The molecule has 0 saturated carbocycles. The molecule has 0 fully saturated rings. The second-order valence-electron chi connectivity index (χ2n) is 5.77. The van der Waals surface area contributed by atoms with Crippen molar-refractivity contribution in [3.63, 3.8) is 0 Å². The van der Waals surface area contributed by atoms with Crippen LogP contribution in [0.5, 0.6) is 5.75 Å². The summed E-state index contributed by atoms with van der Waals surface area (Å²) < 4.78 is 5.30. The Morgan fingerprint density at radius 3 is 2.88 bits per heavy atom. The molecule has 3 rings (SSSR count). The van der Waals surface area contributed by atoms with Gasteiger partial charge in [-0.2, -0.15) is 0 Å². The fraction of sp³-hybridized carbons (Fsp3) is 0.278. The van der Waals surface area contributed by atoms with Crippen LogP contribution in [0, 0.1) is 10.1 Å². The maximum atomic E-state index is 12.4. The fourth-order valence-electron chi connectivity index (χ4n) is 3.00. The lowest BCUT2D eigenvalue weighted by Crippen LogP contribution is -2.39. The average Bonchev–Trinajstić information content (AvgIpc) is 3.05. The van der Waals surface area contributed by atoms with Gasteiger partial charge in [0.1, 0.15) is 5.75 Å². The number of anilines is 1. The normalized spacial score (nSPS) is 12.6. The molecule has 0 radical (unpaired) electrons. The first-order valence-electron chi connectivity index (χ1n) is 8.04. The van der Waals surface area contributed by atoms with Gasteiger partial charge in [-0.15, -0.1) is 0 Å². The molecule has 1 heterocycles. The van der Waals surface area contributed by atoms with Crippen LogP contribution in [0.25, 0.3) is 0 Å². The first-order valence-corrected chi connectivity index (χ1v) is 8.04. The van der Waals surface area contributed by atoms with Gasteiger partial charge in [0.25, 0.3) is 5.69 Å². The summed E-state index contributed by atoms with van der Waals surface area (Å²) in [5.74, 6) is 0.791. The molecule has 7 nitrogen and oxygen atoms in total. The molecular formula is C18H19N3O4. The van der Waals surface area contributed by atoms with Crippen molar-refractivity contribution in [3.05, 3.63) is 63.7 Å². The zero-order chi connectivity index (χ0) is 17.8. The number of hydrogen-bond acceptors (Lipinski definition) is 4. The molecule has 130 valence electrons. The lowest BCUT2D eigenvalue weighted by Gasteiger charge is -2.18. The standard InChI is InChI=1S/C18H19N3O4/c1-25-17-5-3-2-4-14(17)8-10-19-18(22)20-11-9-13-6-7-15(21(23)24)12-16(13)20/h2-7,12H,8-11H2,1H3,(H,19,22). The summed E-state index contributed by atoms with van der Waals surface area (Å²) in [6.07, 6.45) is 1.35. The lowest BCUT2D eigenvalue weighted by atomic mass is 10.1. The average molecular weight is 341 g/mol. The third-order valence-electron chi connectivity index (χ3n) is 4.28. The third-order valence-corrected chi connectivity index (χ3v) is 4.28. The minimum atomic E-state index is -0.448. The quantitative estimate of drug-likeness (QED) is 0.669. The third kappa shape index (κ3) is 3.55. The van der Waals surface area contributed by atoms with Crippen molar-refractivity contribution >= 4 is 17.4 Å². The van der Waals surface area contributed by atoms with Gasteiger partial charge in [-0.05, 0) is 30.0 Å². The number of benzene rings is 2. The topological polar surface area (TPSA) is 84.7 Å². The van der Waals surface area contributed by atoms with Gasteiger partial charge in [0.2, 0.25) is 0 Å². The van der Waals surface area contributed by atoms with E-state index in [2.05, 4.69) is 5.32 Å². The molecule has 0 atom stereocenters. The van der Waals surface area contributed by atoms with Crippen LogP contribution >= 0.6 is 0 Å². The first-order chi connectivity index (χ1) is 12.1. The fourth-order valence-corrected chi connectivity index (χ4v) is 3.00. The number of ether oxygens (including phenoxy) is 1. The van der Waals surface area contributed by atoms with Gasteiger partial charge in [0, 0.05) is 25.2 Å². The summed E-state index contributed by atoms with van der Waals surface area (Å²) in [4.78, 5) is 24.5. The van der Waals surface area contributed by atoms with Gasteiger partial charge in [0.05, 0.1) is 17.7 Å². The van der Waals surface area contributed by atoms with Gasteiger partial charge in [-0.1, -0.05) is 24.3 Å². The molecule has 0 aliphatic carbocycles. The highest BCUT2D eigenvalue weighted by molar-refractivity contribution is 5.94. The number of nitro benzene ring substituents is 1. The molecule has 0 bridgehead atoms. The van der Waals surface area contributed by atoms with E-state index in [0.29, 0.717) is 31.6 Å². The number of nitrogens with one attached hydrogen (secondary N) is 1. The van der Waals surface area contributed by atoms with E-state index in [1.165, 1.54) is 12.1 Å². The number of nitrogens with zero attached hydrogens (tertiary/aromatic N) is 2. The molecular weight excluding hydrogens is 322 g/mol. The Morgan fingerprint density at radius 1 is 1.32 bits per heavy atom. The van der Waals surface area contributed by atoms with E-state index in [1.54, 1.807) is 18.1 Å². The summed E-state index contributed by atoms with van der Waals surface area (Å²) in [6, 6.07) is 12.1. The monoisotopic (exact) mass is 341 g/mol. The van der Waals surface area contributed by atoms with E-state index < -0.39 is 4.92 Å². The van der Waals surface area contributed by atoms with Crippen molar-refractivity contribution in [2.45, 2.75) is 12.8 Å². The van der Waals surface area contributed by atoms with Crippen LogP contribution in [-0.4, -0.2) is 31.2 Å². The molecule has 2 aromatic carbocycles. The molecule has 1 aliphatic rings. The number of carbonyl (C=O) groups excluding carboxylic acids is 1. The van der Waals surface area contributed by atoms with Crippen LogP contribution in [0.15, 0.2) is 42.5 Å². The minimum Gasteiger partial charge on any atom is -0.496 e. The number of urea groups is 1. The Kier molecular flexibility index (Phi) is 4.83. The second-order valence-corrected chi connectivity index (χ2v) is 5.77. The summed E-state index contributed by atoms with van der Waals surface area (Å²) in [6.45, 7) is 0.983. The van der Waals surface area contributed by atoms with Crippen molar-refractivity contribution in [2.24, 2.45) is 0 Å². The van der Waals surface area contributed by atoms with Crippen LogP contribution in [0.2, 0.25) is 0 Å². The minimum absolute atomic E-state index is 0.00697. The van der Waals surface area contributed by atoms with Gasteiger partial charge < -0.3 is 10.1 Å². The van der Waals surface area contributed by atoms with Crippen LogP contribution in [-0.2, 0) is 12.8 Å². The van der Waals surface area contributed by atoms with Crippen molar-refractivity contribution in [3.8, 4) is 5.75 Å². The molecule has 2 amide bonds. The Morgan fingerprint density at radius 2 is 2.12 bits per heavy atom. The molecule has 0 unspecified atom stereocenters. The molecule has 7 heteroatoms. The SMILES string of the molecule is COc1ccccc1CCNC(=O)N1CCc2ccc([N+](=O)[O-])cc21. The van der Waals surface area contributed by atoms with Crippen molar-refractivity contribution in [1.29, 1.82) is 0 Å². The summed E-state index contributed by atoms with van der Waals surface area (Å²) >= 11 is 0. The van der Waals surface area contributed by atoms with Crippen LogP contribution in [0.4, 0.5) is 16.2 Å². The maximum Gasteiger partial charge on any atom is 0.321 e. The highest BCUT2D eigenvalue weighted by atomic mass is 16.6. The van der Waals surface area contributed by atoms with Gasteiger partial charge in [0.15, 0.2) is 0 Å². The van der Waals surface area contributed by atoms with E-state index in [-0.39, 0.29) is 11.7 Å². The number of fused-ring (bicyclic) bond motifs is 1. The highest BCUT2D eigenvalue weighted by Gasteiger charge is 2.26. The largest absolute Gasteiger partial charge is 0.496 e. The van der Waals surface area contributed by atoms with E-state index in [1.807, 2.05) is 24.3 Å². The highest BCUT2D eigenvalue weighted by Crippen LogP contribution is 2.31. The molecule has 0 aromatic heterocycles. The smallest absolute Gasteiger partial charge is 0.321 e. The Labute approximate surface area is 145 Å². The lowest BCUT2D eigenvalue weighted by molar-refractivity contribution is -0.384. The summed E-state index contributed by atoms with van der Waals surface area (Å²) in [5.41, 5.74) is 2.57. The number of methoxy groups -OCH3 is 1. The van der Waals surface area contributed by atoms with Gasteiger partial charge in [-0.3, -0.25) is 15.0 Å². The van der Waals surface area contributed by atoms with Crippen LogP contribution in [0.1, 0.15) is 11.1 Å². The maximum absolute atomic E-state index is 12.4. The number of non-ortho nitro benzene ring substituents is 1. The van der Waals surface area contributed by atoms with Crippen molar-refractivity contribution in [1.82, 2.24) is 5.32 Å². The molecule has 25 heavy (non-hydrogen) atoms. The molecule has 1 N–H and O–H groups in total. The second kappa shape index (κ2) is 7.21. The summed E-state index contributed by atoms with van der Waals surface area (Å²) in [7, 11) is 1.62. The first kappa shape index (κ1) is 16.8. The number of hydrogen-bond donors (Lipinski definition) is 1. The summed E-state index contributed by atoms with van der Waals surface area (Å²) in [5, 5.41) is 13.8. The van der Waals surface area contributed by atoms with Gasteiger partial charge >= 0.3 is 6.03 Å². The Bertz CT molecular complexity index is 807. The number of carbonyl (C=O) groups is 1. The molecule has 2 aromatic rings. The molecule has 1 aliphatic heterocycles. The molecule has 0 spiro atoms. The number of nitro groups is 1. The van der Waals surface area contributed by atoms with E-state index in [0.717, 1.165) is 16.9 Å². The number of rotatable bonds is 5. The van der Waals surface area contributed by atoms with E-state index >= 15 is 0 Å². The Balaban J connectivity index is 1.64. The van der Waals surface area contributed by atoms with E-state index in [4.69, 9.17) is 4.74 Å². The zero-order valence-electron chi connectivity index (χ0n) is 13.9.